The van der Waals surface area contributed by atoms with Gasteiger partial charge in [-0.05, 0) is 17.7 Å². The van der Waals surface area contributed by atoms with Crippen molar-refractivity contribution in [2.45, 2.75) is 5.88 Å². The molecule has 1 aromatic carbocycles. The van der Waals surface area contributed by atoms with Crippen LogP contribution >= 0.6 is 11.6 Å². The highest BCUT2D eigenvalue weighted by Gasteiger charge is 2.13. The van der Waals surface area contributed by atoms with Gasteiger partial charge in [-0.15, -0.1) is 11.6 Å². The maximum absolute atomic E-state index is 10.6. The van der Waals surface area contributed by atoms with Crippen molar-refractivity contribution >= 4 is 17.6 Å². The Labute approximate surface area is 85.0 Å². The fourth-order valence-corrected chi connectivity index (χ4v) is 1.24. The summed E-state index contributed by atoms with van der Waals surface area (Å²) < 4.78 is 0. The van der Waals surface area contributed by atoms with Crippen LogP contribution < -0.4 is 0 Å². The topological polar surface area (TPSA) is 81.3 Å². The number of hydrogen-bond acceptors (Lipinski definition) is 3. The second-order valence-electron chi connectivity index (χ2n) is 2.58. The van der Waals surface area contributed by atoms with Gasteiger partial charge in [0.15, 0.2) is 0 Å². The number of halogens is 1. The van der Waals surface area contributed by atoms with Crippen LogP contribution in [0.25, 0.3) is 0 Å². The normalized spacial score (nSPS) is 9.43. The zero-order valence-corrected chi connectivity index (χ0v) is 7.75. The Kier molecular flexibility index (Phi) is 2.95. The van der Waals surface area contributed by atoms with E-state index in [9.17, 15) is 9.90 Å². The highest BCUT2D eigenvalue weighted by molar-refractivity contribution is 6.17. The van der Waals surface area contributed by atoms with Crippen molar-refractivity contribution in [3.63, 3.8) is 0 Å². The summed E-state index contributed by atoms with van der Waals surface area (Å²) in [6.45, 7) is 0. The molecule has 0 fully saturated rings. The number of nitrogens with zero attached hydrogens (tertiary/aromatic N) is 1. The molecule has 0 radical (unpaired) electrons. The van der Waals surface area contributed by atoms with E-state index < -0.39 is 5.97 Å². The summed E-state index contributed by atoms with van der Waals surface area (Å²) in [7, 11) is 0. The molecule has 4 nitrogen and oxygen atoms in total. The predicted molar refractivity (Wildman–Crippen MR) is 49.3 cm³/mol. The summed E-state index contributed by atoms with van der Waals surface area (Å²) >= 11 is 5.51. The Bertz CT molecular complexity index is 423. The molecule has 0 heterocycles. The Morgan fingerprint density at radius 2 is 2.21 bits per heavy atom. The molecule has 0 amide bonds. The Balaban J connectivity index is 3.40. The van der Waals surface area contributed by atoms with Gasteiger partial charge in [0.05, 0.1) is 11.6 Å². The van der Waals surface area contributed by atoms with Gasteiger partial charge >= 0.3 is 5.97 Å². The second kappa shape index (κ2) is 3.99. The van der Waals surface area contributed by atoms with E-state index >= 15 is 0 Å². The van der Waals surface area contributed by atoms with Crippen molar-refractivity contribution in [2.75, 3.05) is 0 Å². The SMILES string of the molecule is N#Cc1cc(C(=O)O)c(O)cc1CCl. The van der Waals surface area contributed by atoms with Crippen LogP contribution in [0.1, 0.15) is 21.5 Å². The number of rotatable bonds is 2. The first-order valence-electron chi connectivity index (χ1n) is 3.65. The van der Waals surface area contributed by atoms with Crippen LogP contribution in [-0.4, -0.2) is 16.2 Å². The van der Waals surface area contributed by atoms with Gasteiger partial charge in [-0.25, -0.2) is 4.79 Å². The van der Waals surface area contributed by atoms with Crippen molar-refractivity contribution in [3.05, 3.63) is 28.8 Å². The number of aromatic hydroxyl groups is 1. The van der Waals surface area contributed by atoms with E-state index in [1.165, 1.54) is 6.07 Å². The average molecular weight is 212 g/mol. The molecule has 2 N–H and O–H groups in total. The number of carboxylic acid groups (broad SMARTS) is 1. The quantitative estimate of drug-likeness (QED) is 0.730. The molecule has 0 saturated heterocycles. The molecule has 0 bridgehead atoms. The highest BCUT2D eigenvalue weighted by Crippen LogP contribution is 2.23. The van der Waals surface area contributed by atoms with Crippen LogP contribution in [-0.2, 0) is 5.88 Å². The van der Waals surface area contributed by atoms with Crippen LogP contribution in [0.5, 0.6) is 5.75 Å². The third-order valence-corrected chi connectivity index (χ3v) is 2.00. The van der Waals surface area contributed by atoms with Crippen LogP contribution in [0.15, 0.2) is 12.1 Å². The molecular formula is C9H6ClNO3. The number of nitriles is 1. The molecule has 0 aliphatic rings. The zero-order chi connectivity index (χ0) is 10.7. The van der Waals surface area contributed by atoms with Gasteiger partial charge in [0.25, 0.3) is 0 Å². The van der Waals surface area contributed by atoms with Crippen molar-refractivity contribution in [1.29, 1.82) is 5.26 Å². The van der Waals surface area contributed by atoms with Gasteiger partial charge in [0.2, 0.25) is 0 Å². The minimum absolute atomic E-state index is 0.0519. The van der Waals surface area contributed by atoms with Gasteiger partial charge in [-0.2, -0.15) is 5.26 Å². The Hall–Kier alpha value is -1.73. The summed E-state index contributed by atoms with van der Waals surface area (Å²) in [5.41, 5.74) is 0.280. The van der Waals surface area contributed by atoms with Crippen LogP contribution in [0.4, 0.5) is 0 Å². The monoisotopic (exact) mass is 211 g/mol. The van der Waals surface area contributed by atoms with E-state index in [1.807, 2.05) is 6.07 Å². The van der Waals surface area contributed by atoms with Crippen LogP contribution in [0, 0.1) is 11.3 Å². The molecule has 5 heteroatoms. The van der Waals surface area contributed by atoms with Gasteiger partial charge in [-0.1, -0.05) is 0 Å². The number of aromatic carboxylic acids is 1. The molecule has 0 aromatic heterocycles. The summed E-state index contributed by atoms with van der Waals surface area (Å²) in [4.78, 5) is 10.6. The van der Waals surface area contributed by atoms with Gasteiger partial charge in [0.1, 0.15) is 11.3 Å². The number of alkyl halides is 1. The maximum atomic E-state index is 10.6. The predicted octanol–water partition coefficient (Wildman–Crippen LogP) is 1.70. The first-order chi connectivity index (χ1) is 6.60. The van der Waals surface area contributed by atoms with Crippen molar-refractivity contribution < 1.29 is 15.0 Å². The molecule has 0 atom stereocenters. The first-order valence-corrected chi connectivity index (χ1v) is 4.18. The molecule has 0 aliphatic heterocycles. The maximum Gasteiger partial charge on any atom is 0.339 e. The van der Waals surface area contributed by atoms with E-state index in [-0.39, 0.29) is 22.8 Å². The summed E-state index contributed by atoms with van der Waals surface area (Å²) in [5.74, 6) is -1.61. The van der Waals surface area contributed by atoms with Crippen molar-refractivity contribution in [1.82, 2.24) is 0 Å². The molecule has 14 heavy (non-hydrogen) atoms. The van der Waals surface area contributed by atoms with Gasteiger partial charge in [-0.3, -0.25) is 0 Å². The molecule has 0 unspecified atom stereocenters. The Morgan fingerprint density at radius 1 is 1.57 bits per heavy atom. The summed E-state index contributed by atoms with van der Waals surface area (Å²) in [5, 5.41) is 26.6. The molecule has 0 spiro atoms. The standard InChI is InChI=1S/C9H6ClNO3/c10-3-5-2-8(12)7(9(13)14)1-6(5)4-11/h1-2,12H,3H2,(H,13,14). The second-order valence-corrected chi connectivity index (χ2v) is 2.84. The lowest BCUT2D eigenvalue weighted by Gasteiger charge is -2.03. The number of phenols is 1. The molecule has 0 saturated carbocycles. The van der Waals surface area contributed by atoms with Crippen molar-refractivity contribution in [2.24, 2.45) is 0 Å². The van der Waals surface area contributed by atoms with E-state index in [1.54, 1.807) is 0 Å². The summed E-state index contributed by atoms with van der Waals surface area (Å²) in [6, 6.07) is 4.11. The smallest absolute Gasteiger partial charge is 0.339 e. The van der Waals surface area contributed by atoms with Gasteiger partial charge in [0, 0.05) is 5.88 Å². The number of carboxylic acids is 1. The fraction of sp³-hybridized carbons (Fsp3) is 0.111. The van der Waals surface area contributed by atoms with Crippen molar-refractivity contribution in [3.8, 4) is 11.8 Å². The van der Waals surface area contributed by atoms with E-state index in [4.69, 9.17) is 22.0 Å². The minimum atomic E-state index is -1.28. The zero-order valence-electron chi connectivity index (χ0n) is 6.99. The van der Waals surface area contributed by atoms with Crippen LogP contribution in [0.3, 0.4) is 0 Å². The third kappa shape index (κ3) is 1.78. The lowest BCUT2D eigenvalue weighted by molar-refractivity contribution is 0.0693. The fourth-order valence-electron chi connectivity index (χ4n) is 1.02. The highest BCUT2D eigenvalue weighted by atomic mass is 35.5. The van der Waals surface area contributed by atoms with Gasteiger partial charge < -0.3 is 10.2 Å². The van der Waals surface area contributed by atoms with E-state index in [0.29, 0.717) is 5.56 Å². The van der Waals surface area contributed by atoms with E-state index in [2.05, 4.69) is 0 Å². The number of benzene rings is 1. The first kappa shape index (κ1) is 10.4. The van der Waals surface area contributed by atoms with E-state index in [0.717, 1.165) is 6.07 Å². The largest absolute Gasteiger partial charge is 0.507 e. The van der Waals surface area contributed by atoms with Crippen LogP contribution in [0.2, 0.25) is 0 Å². The number of hydrogen-bond donors (Lipinski definition) is 2. The minimum Gasteiger partial charge on any atom is -0.507 e. The molecule has 72 valence electrons. The summed E-state index contributed by atoms with van der Waals surface area (Å²) in [6.07, 6.45) is 0. The lowest BCUT2D eigenvalue weighted by atomic mass is 10.0. The average Bonchev–Trinajstić information content (AvgIpc) is 2.16. The molecule has 1 aromatic rings. The molecule has 0 aliphatic carbocycles. The lowest BCUT2D eigenvalue weighted by Crippen LogP contribution is -1.99. The molecule has 1 rings (SSSR count). The number of carbonyl (C=O) groups is 1. The Morgan fingerprint density at radius 3 is 2.64 bits per heavy atom. The third-order valence-electron chi connectivity index (χ3n) is 1.72. The molecular weight excluding hydrogens is 206 g/mol.